The highest BCUT2D eigenvalue weighted by Gasteiger charge is 2.27. The van der Waals surface area contributed by atoms with Gasteiger partial charge in [-0.2, -0.15) is 0 Å². The minimum atomic E-state index is -0.531. The molecule has 0 radical (unpaired) electrons. The standard InChI is InChI=1S/C31H28FN3O4/c1-17-7-5-8-18(2)30(17)39-26-16-35(19-11-12-19)27(36)14-21(26)23-15-34(3)31(37)29-22(23)13-24(33-29)20-9-6-10-25(38-4)28(20)32/h5-10,13-16,19,33H,11-12H2,1-4H3. The molecule has 0 spiro atoms. The fourth-order valence-corrected chi connectivity index (χ4v) is 5.10. The first kappa shape index (κ1) is 24.7. The Hall–Kier alpha value is -4.59. The number of aromatic amines is 1. The first-order valence-corrected chi connectivity index (χ1v) is 12.8. The normalized spacial score (nSPS) is 13.2. The van der Waals surface area contributed by atoms with Crippen molar-refractivity contribution in [2.45, 2.75) is 32.7 Å². The molecule has 1 N–H and O–H groups in total. The molecule has 0 bridgehead atoms. The fourth-order valence-electron chi connectivity index (χ4n) is 5.10. The first-order chi connectivity index (χ1) is 18.8. The predicted octanol–water partition coefficient (Wildman–Crippen LogP) is 6.25. The van der Waals surface area contributed by atoms with Crippen molar-refractivity contribution in [1.29, 1.82) is 0 Å². The molecule has 1 aliphatic carbocycles. The van der Waals surface area contributed by atoms with Crippen molar-refractivity contribution in [3.05, 3.63) is 98.6 Å². The molecule has 0 unspecified atom stereocenters. The van der Waals surface area contributed by atoms with Gasteiger partial charge in [-0.3, -0.25) is 9.59 Å². The van der Waals surface area contributed by atoms with Gasteiger partial charge >= 0.3 is 0 Å². The van der Waals surface area contributed by atoms with Crippen LogP contribution in [0.4, 0.5) is 4.39 Å². The van der Waals surface area contributed by atoms with Gasteiger partial charge in [0.25, 0.3) is 11.1 Å². The van der Waals surface area contributed by atoms with E-state index in [9.17, 15) is 9.59 Å². The number of H-pyrrole nitrogens is 1. The minimum absolute atomic E-state index is 0.104. The molecule has 5 aromatic rings. The topological polar surface area (TPSA) is 78.2 Å². The third-order valence-corrected chi connectivity index (χ3v) is 7.33. The first-order valence-electron chi connectivity index (χ1n) is 12.8. The summed E-state index contributed by atoms with van der Waals surface area (Å²) in [7, 11) is 3.05. The fraction of sp³-hybridized carbons (Fsp3) is 0.226. The van der Waals surface area contributed by atoms with E-state index in [4.69, 9.17) is 9.47 Å². The number of nitrogens with one attached hydrogen (secondary N) is 1. The van der Waals surface area contributed by atoms with Gasteiger partial charge in [0.1, 0.15) is 11.3 Å². The summed E-state index contributed by atoms with van der Waals surface area (Å²) in [6, 6.07) is 14.2. The number of methoxy groups -OCH3 is 1. The number of para-hydroxylation sites is 1. The Morgan fingerprint density at radius 2 is 1.64 bits per heavy atom. The predicted molar refractivity (Wildman–Crippen MR) is 149 cm³/mol. The van der Waals surface area contributed by atoms with E-state index in [1.54, 1.807) is 48.3 Å². The third-order valence-electron chi connectivity index (χ3n) is 7.33. The van der Waals surface area contributed by atoms with Crippen molar-refractivity contribution in [2.24, 2.45) is 7.05 Å². The van der Waals surface area contributed by atoms with Gasteiger partial charge in [-0.25, -0.2) is 4.39 Å². The summed E-state index contributed by atoms with van der Waals surface area (Å²) in [5.74, 6) is 0.798. The number of hydrogen-bond donors (Lipinski definition) is 1. The van der Waals surface area contributed by atoms with E-state index < -0.39 is 5.82 Å². The van der Waals surface area contributed by atoms with Crippen molar-refractivity contribution < 1.29 is 13.9 Å². The zero-order chi connectivity index (χ0) is 27.4. The van der Waals surface area contributed by atoms with E-state index in [1.165, 1.54) is 17.7 Å². The van der Waals surface area contributed by atoms with Gasteiger partial charge in [0.2, 0.25) is 0 Å². The van der Waals surface area contributed by atoms with Gasteiger partial charge in [0.15, 0.2) is 17.3 Å². The molecule has 1 saturated carbocycles. The summed E-state index contributed by atoms with van der Waals surface area (Å²) in [6.45, 7) is 3.95. The van der Waals surface area contributed by atoms with Gasteiger partial charge in [0.05, 0.1) is 13.3 Å². The lowest BCUT2D eigenvalue weighted by molar-refractivity contribution is 0.387. The lowest BCUT2D eigenvalue weighted by Crippen LogP contribution is -2.19. The van der Waals surface area contributed by atoms with Crippen LogP contribution in [0.1, 0.15) is 30.0 Å². The van der Waals surface area contributed by atoms with Crippen LogP contribution in [0.3, 0.4) is 0 Å². The Morgan fingerprint density at radius 1 is 0.923 bits per heavy atom. The van der Waals surface area contributed by atoms with Gasteiger partial charge in [-0.05, 0) is 56.0 Å². The van der Waals surface area contributed by atoms with E-state index in [0.717, 1.165) is 24.0 Å². The number of benzene rings is 2. The molecule has 198 valence electrons. The monoisotopic (exact) mass is 525 g/mol. The van der Waals surface area contributed by atoms with Crippen LogP contribution in [-0.4, -0.2) is 21.2 Å². The average molecular weight is 526 g/mol. The van der Waals surface area contributed by atoms with Gasteiger partial charge in [-0.15, -0.1) is 0 Å². The smallest absolute Gasteiger partial charge is 0.274 e. The van der Waals surface area contributed by atoms with Crippen LogP contribution in [0, 0.1) is 19.7 Å². The maximum absolute atomic E-state index is 15.2. The molecule has 1 fully saturated rings. The lowest BCUT2D eigenvalue weighted by atomic mass is 10.0. The zero-order valence-corrected chi connectivity index (χ0v) is 22.2. The number of ether oxygens (including phenoxy) is 2. The van der Waals surface area contributed by atoms with Gasteiger partial charge < -0.3 is 23.6 Å². The second-order valence-corrected chi connectivity index (χ2v) is 10.1. The minimum Gasteiger partial charge on any atom is -0.494 e. The van der Waals surface area contributed by atoms with E-state index in [-0.39, 0.29) is 28.5 Å². The number of aryl methyl sites for hydroxylation is 3. The summed E-state index contributed by atoms with van der Waals surface area (Å²) in [4.78, 5) is 29.5. The number of hydrogen-bond acceptors (Lipinski definition) is 4. The number of pyridine rings is 2. The maximum atomic E-state index is 15.2. The van der Waals surface area contributed by atoms with Crippen LogP contribution < -0.4 is 20.6 Å². The molecule has 3 aromatic heterocycles. The SMILES string of the molecule is COc1cccc(-c2cc3c(-c4cc(=O)n(C5CC5)cc4Oc4c(C)cccc4C)cn(C)c(=O)c3[nH]2)c1F. The second-order valence-electron chi connectivity index (χ2n) is 10.1. The zero-order valence-electron chi connectivity index (χ0n) is 22.2. The number of fused-ring (bicyclic) bond motifs is 1. The van der Waals surface area contributed by atoms with Crippen molar-refractivity contribution in [3.63, 3.8) is 0 Å². The van der Waals surface area contributed by atoms with Crippen molar-refractivity contribution in [2.75, 3.05) is 7.11 Å². The van der Waals surface area contributed by atoms with Crippen molar-refractivity contribution in [1.82, 2.24) is 14.1 Å². The highest BCUT2D eigenvalue weighted by molar-refractivity contribution is 5.98. The Labute approximate surface area is 224 Å². The molecule has 39 heavy (non-hydrogen) atoms. The highest BCUT2D eigenvalue weighted by atomic mass is 19.1. The second kappa shape index (κ2) is 9.31. The average Bonchev–Trinajstić information content (AvgIpc) is 3.66. The molecule has 0 amide bonds. The number of aromatic nitrogens is 3. The van der Waals surface area contributed by atoms with Crippen molar-refractivity contribution in [3.8, 4) is 39.6 Å². The highest BCUT2D eigenvalue weighted by Crippen LogP contribution is 2.41. The van der Waals surface area contributed by atoms with Crippen LogP contribution in [0.2, 0.25) is 0 Å². The summed E-state index contributed by atoms with van der Waals surface area (Å²) in [5.41, 5.74) is 3.70. The van der Waals surface area contributed by atoms with Crippen LogP contribution in [0.15, 0.2) is 70.5 Å². The Kier molecular flexibility index (Phi) is 5.90. The van der Waals surface area contributed by atoms with Crippen LogP contribution in [-0.2, 0) is 7.05 Å². The Bertz CT molecular complexity index is 1860. The molecular formula is C31H28FN3O4. The Morgan fingerprint density at radius 3 is 2.33 bits per heavy atom. The molecule has 0 aliphatic heterocycles. The van der Waals surface area contributed by atoms with Gasteiger partial charge in [-0.1, -0.05) is 24.3 Å². The molecule has 8 heteroatoms. The molecule has 6 rings (SSSR count). The molecule has 0 saturated heterocycles. The maximum Gasteiger partial charge on any atom is 0.274 e. The van der Waals surface area contributed by atoms with E-state index >= 15 is 4.39 Å². The molecule has 3 heterocycles. The summed E-state index contributed by atoms with van der Waals surface area (Å²) in [5, 5.41) is 0.560. The largest absolute Gasteiger partial charge is 0.494 e. The Balaban J connectivity index is 1.60. The van der Waals surface area contributed by atoms with Crippen LogP contribution in [0.5, 0.6) is 17.2 Å². The third kappa shape index (κ3) is 4.22. The molecule has 2 aromatic carbocycles. The summed E-state index contributed by atoms with van der Waals surface area (Å²) >= 11 is 0. The van der Waals surface area contributed by atoms with Crippen LogP contribution in [0.25, 0.3) is 33.3 Å². The van der Waals surface area contributed by atoms with E-state index in [2.05, 4.69) is 4.98 Å². The molecular weight excluding hydrogens is 497 g/mol. The van der Waals surface area contributed by atoms with E-state index in [1.807, 2.05) is 32.0 Å². The van der Waals surface area contributed by atoms with Crippen LogP contribution >= 0.6 is 0 Å². The quantitative estimate of drug-likeness (QED) is 0.284. The van der Waals surface area contributed by atoms with Gasteiger partial charge in [0, 0.05) is 53.1 Å². The number of rotatable bonds is 6. The molecule has 7 nitrogen and oxygen atoms in total. The summed E-state index contributed by atoms with van der Waals surface area (Å²) in [6.07, 6.45) is 5.35. The molecule has 1 aliphatic rings. The lowest BCUT2D eigenvalue weighted by Gasteiger charge is -2.17. The van der Waals surface area contributed by atoms with Crippen molar-refractivity contribution >= 4 is 10.9 Å². The molecule has 0 atom stereocenters. The number of halogens is 1. The van der Waals surface area contributed by atoms with E-state index in [0.29, 0.717) is 39.2 Å². The summed E-state index contributed by atoms with van der Waals surface area (Å²) < 4.78 is 30.0. The number of nitrogens with zero attached hydrogens (tertiary/aromatic N) is 2.